The maximum atomic E-state index is 13.4. The van der Waals surface area contributed by atoms with E-state index in [1.807, 2.05) is 22.0 Å². The summed E-state index contributed by atoms with van der Waals surface area (Å²) in [4.78, 5) is 30.4. The Hall–Kier alpha value is -2.15. The SMILES string of the molecule is CC(C)(C)CN1C[C@@]23C=C[C@@H](O2)C(C(=O)N2CCc4[nH]ncc4C2)C3C1=O. The van der Waals surface area contributed by atoms with Crippen molar-refractivity contribution in [2.45, 2.75) is 45.4 Å². The average molecular weight is 370 g/mol. The number of hydrogen-bond donors (Lipinski definition) is 1. The first-order valence-corrected chi connectivity index (χ1v) is 9.73. The summed E-state index contributed by atoms with van der Waals surface area (Å²) in [5.41, 5.74) is 1.56. The number of likely N-dealkylation sites (tertiary alicyclic amines) is 1. The average Bonchev–Trinajstić information content (AvgIpc) is 3.33. The van der Waals surface area contributed by atoms with Gasteiger partial charge in [-0.2, -0.15) is 5.10 Å². The van der Waals surface area contributed by atoms with E-state index in [4.69, 9.17) is 4.74 Å². The van der Waals surface area contributed by atoms with E-state index in [1.165, 1.54) is 0 Å². The fourth-order valence-electron chi connectivity index (χ4n) is 5.19. The molecule has 5 rings (SSSR count). The highest BCUT2D eigenvalue weighted by atomic mass is 16.5. The van der Waals surface area contributed by atoms with Gasteiger partial charge >= 0.3 is 0 Å². The molecule has 4 atom stereocenters. The summed E-state index contributed by atoms with van der Waals surface area (Å²) < 4.78 is 6.24. The van der Waals surface area contributed by atoms with E-state index < -0.39 is 17.4 Å². The summed E-state index contributed by atoms with van der Waals surface area (Å²) in [5, 5.41) is 7.08. The molecule has 4 aliphatic rings. The van der Waals surface area contributed by atoms with Gasteiger partial charge in [0, 0.05) is 37.3 Å². The van der Waals surface area contributed by atoms with Crippen molar-refractivity contribution in [2.24, 2.45) is 17.3 Å². The van der Waals surface area contributed by atoms with Gasteiger partial charge in [0.25, 0.3) is 0 Å². The molecule has 7 heteroatoms. The van der Waals surface area contributed by atoms with Crippen LogP contribution in [0.4, 0.5) is 0 Å². The molecule has 144 valence electrons. The van der Waals surface area contributed by atoms with Gasteiger partial charge in [0.1, 0.15) is 5.60 Å². The molecule has 2 saturated heterocycles. The molecule has 0 saturated carbocycles. The van der Waals surface area contributed by atoms with Gasteiger partial charge in [-0.3, -0.25) is 14.7 Å². The first-order valence-electron chi connectivity index (χ1n) is 9.73. The van der Waals surface area contributed by atoms with Crippen LogP contribution in [0, 0.1) is 17.3 Å². The molecule has 1 aromatic heterocycles. The number of nitrogens with zero attached hydrogens (tertiary/aromatic N) is 3. The van der Waals surface area contributed by atoms with Crippen molar-refractivity contribution in [3.8, 4) is 0 Å². The van der Waals surface area contributed by atoms with Crippen molar-refractivity contribution in [1.82, 2.24) is 20.0 Å². The predicted molar refractivity (Wildman–Crippen MR) is 97.5 cm³/mol. The summed E-state index contributed by atoms with van der Waals surface area (Å²) >= 11 is 0. The molecular weight excluding hydrogens is 344 g/mol. The molecule has 2 unspecified atom stereocenters. The zero-order valence-electron chi connectivity index (χ0n) is 16.1. The number of carbonyl (C=O) groups excluding carboxylic acids is 2. The fraction of sp³-hybridized carbons (Fsp3) is 0.650. The van der Waals surface area contributed by atoms with Crippen LogP contribution in [0.2, 0.25) is 0 Å². The van der Waals surface area contributed by atoms with E-state index in [0.717, 1.165) is 17.7 Å². The van der Waals surface area contributed by atoms with E-state index in [2.05, 4.69) is 31.0 Å². The normalized spacial score (nSPS) is 34.3. The number of amides is 2. The number of fused-ring (bicyclic) bond motifs is 2. The summed E-state index contributed by atoms with van der Waals surface area (Å²) in [6.45, 7) is 8.81. The van der Waals surface area contributed by atoms with Crippen LogP contribution in [-0.2, 0) is 27.3 Å². The lowest BCUT2D eigenvalue weighted by Crippen LogP contribution is -2.47. The quantitative estimate of drug-likeness (QED) is 0.792. The van der Waals surface area contributed by atoms with Gasteiger partial charge in [0.05, 0.1) is 30.7 Å². The molecule has 1 spiro atoms. The Kier molecular flexibility index (Phi) is 3.42. The van der Waals surface area contributed by atoms with Gasteiger partial charge in [-0.15, -0.1) is 0 Å². The summed E-state index contributed by atoms with van der Waals surface area (Å²) in [5.74, 6) is -0.709. The number of hydrogen-bond acceptors (Lipinski definition) is 4. The van der Waals surface area contributed by atoms with Crippen LogP contribution in [0.5, 0.6) is 0 Å². The maximum Gasteiger partial charge on any atom is 0.230 e. The molecule has 1 N–H and O–H groups in total. The zero-order valence-corrected chi connectivity index (χ0v) is 16.1. The summed E-state index contributed by atoms with van der Waals surface area (Å²) in [7, 11) is 0. The number of carbonyl (C=O) groups is 2. The summed E-state index contributed by atoms with van der Waals surface area (Å²) in [6, 6.07) is 0. The van der Waals surface area contributed by atoms with Gasteiger partial charge in [-0.1, -0.05) is 32.9 Å². The second-order valence-electron chi connectivity index (χ2n) is 9.54. The molecule has 1 aromatic rings. The van der Waals surface area contributed by atoms with Gasteiger partial charge < -0.3 is 14.5 Å². The molecule has 0 aromatic carbocycles. The Bertz CT molecular complexity index is 839. The maximum absolute atomic E-state index is 13.4. The van der Waals surface area contributed by atoms with Crippen LogP contribution >= 0.6 is 0 Å². The van der Waals surface area contributed by atoms with Crippen LogP contribution in [-0.4, -0.2) is 63.2 Å². The van der Waals surface area contributed by atoms with Crippen LogP contribution in [0.3, 0.4) is 0 Å². The highest BCUT2D eigenvalue weighted by Crippen LogP contribution is 2.52. The topological polar surface area (TPSA) is 78.5 Å². The highest BCUT2D eigenvalue weighted by molar-refractivity contribution is 5.93. The molecule has 27 heavy (non-hydrogen) atoms. The fourth-order valence-corrected chi connectivity index (χ4v) is 5.19. The lowest BCUT2D eigenvalue weighted by Gasteiger charge is -2.32. The largest absolute Gasteiger partial charge is 0.360 e. The molecular formula is C20H26N4O3. The Morgan fingerprint density at radius 1 is 1.44 bits per heavy atom. The Labute approximate surface area is 158 Å². The number of aromatic nitrogens is 2. The van der Waals surface area contributed by atoms with Gasteiger partial charge in [0.15, 0.2) is 0 Å². The van der Waals surface area contributed by atoms with E-state index in [-0.39, 0.29) is 23.3 Å². The third kappa shape index (κ3) is 2.47. The first-order chi connectivity index (χ1) is 12.8. The first kappa shape index (κ1) is 17.0. The molecule has 0 aliphatic carbocycles. The third-order valence-corrected chi connectivity index (χ3v) is 6.24. The Balaban J connectivity index is 1.40. The summed E-state index contributed by atoms with van der Waals surface area (Å²) in [6.07, 6.45) is 6.29. The van der Waals surface area contributed by atoms with Gasteiger partial charge in [0.2, 0.25) is 11.8 Å². The van der Waals surface area contributed by atoms with Crippen LogP contribution < -0.4 is 0 Å². The van der Waals surface area contributed by atoms with Crippen molar-refractivity contribution < 1.29 is 14.3 Å². The number of ether oxygens (including phenoxy) is 1. The molecule has 4 aliphatic heterocycles. The van der Waals surface area contributed by atoms with Gasteiger partial charge in [-0.25, -0.2) is 0 Å². The number of aromatic amines is 1. The smallest absolute Gasteiger partial charge is 0.230 e. The molecule has 2 fully saturated rings. The standard InChI is InChI=1S/C20H26N4O3/c1-19(2,3)10-24-11-20-6-4-14(27-20)15(16(20)18(24)26)17(25)23-7-5-13-12(9-23)8-21-22-13/h4,6,8,14-16H,5,7,9-11H2,1-3H3,(H,21,22)/t14-,15?,16?,20-/m1/s1. The minimum atomic E-state index is -0.621. The second-order valence-corrected chi connectivity index (χ2v) is 9.54. The van der Waals surface area contributed by atoms with Crippen molar-refractivity contribution in [3.05, 3.63) is 29.6 Å². The van der Waals surface area contributed by atoms with Crippen molar-refractivity contribution in [1.29, 1.82) is 0 Å². The van der Waals surface area contributed by atoms with Gasteiger partial charge in [-0.05, 0) is 5.41 Å². The molecule has 5 heterocycles. The minimum absolute atomic E-state index is 0.0106. The number of nitrogens with one attached hydrogen (secondary N) is 1. The molecule has 0 radical (unpaired) electrons. The highest BCUT2D eigenvalue weighted by Gasteiger charge is 2.67. The van der Waals surface area contributed by atoms with Crippen molar-refractivity contribution in [2.75, 3.05) is 19.6 Å². The molecule has 2 amide bonds. The zero-order chi connectivity index (χ0) is 19.0. The van der Waals surface area contributed by atoms with Crippen LogP contribution in [0.25, 0.3) is 0 Å². The minimum Gasteiger partial charge on any atom is -0.360 e. The predicted octanol–water partition coefficient (Wildman–Crippen LogP) is 1.12. The van der Waals surface area contributed by atoms with Crippen LogP contribution in [0.1, 0.15) is 32.0 Å². The lowest BCUT2D eigenvalue weighted by atomic mass is 9.76. The van der Waals surface area contributed by atoms with E-state index >= 15 is 0 Å². The van der Waals surface area contributed by atoms with E-state index in [0.29, 0.717) is 26.2 Å². The molecule has 2 bridgehead atoms. The Morgan fingerprint density at radius 3 is 3.04 bits per heavy atom. The molecule has 7 nitrogen and oxygen atoms in total. The van der Waals surface area contributed by atoms with E-state index in [9.17, 15) is 9.59 Å². The lowest BCUT2D eigenvalue weighted by molar-refractivity contribution is -0.144. The number of H-pyrrole nitrogens is 1. The second kappa shape index (κ2) is 5.44. The third-order valence-electron chi connectivity index (χ3n) is 6.24. The monoisotopic (exact) mass is 370 g/mol. The Morgan fingerprint density at radius 2 is 2.26 bits per heavy atom. The van der Waals surface area contributed by atoms with Crippen molar-refractivity contribution in [3.63, 3.8) is 0 Å². The van der Waals surface area contributed by atoms with Crippen LogP contribution in [0.15, 0.2) is 18.3 Å². The number of rotatable bonds is 2. The van der Waals surface area contributed by atoms with E-state index in [1.54, 1.807) is 6.20 Å². The van der Waals surface area contributed by atoms with Crippen molar-refractivity contribution >= 4 is 11.8 Å².